The Hall–Kier alpha value is -0.900. The summed E-state index contributed by atoms with van der Waals surface area (Å²) in [4.78, 5) is 22.6. The quantitative estimate of drug-likeness (QED) is 0.641. The SMILES string of the molecule is CC(C)(C)OC=O.CN1CCCC(=O)CC1. The fourth-order valence-electron chi connectivity index (χ4n) is 1.24. The Labute approximate surface area is 98.0 Å². The first kappa shape index (κ1) is 15.1. The lowest BCUT2D eigenvalue weighted by atomic mass is 10.2. The first-order valence-corrected chi connectivity index (χ1v) is 5.67. The van der Waals surface area contributed by atoms with E-state index in [0.29, 0.717) is 12.3 Å². The Kier molecular flexibility index (Phi) is 6.97. The van der Waals surface area contributed by atoms with Crippen molar-refractivity contribution >= 4 is 12.3 Å². The third-order valence-electron chi connectivity index (χ3n) is 2.17. The Morgan fingerprint density at radius 1 is 1.25 bits per heavy atom. The first-order valence-electron chi connectivity index (χ1n) is 5.67. The van der Waals surface area contributed by atoms with Gasteiger partial charge in [0, 0.05) is 19.4 Å². The molecule has 0 bridgehead atoms. The minimum absolute atomic E-state index is 0.318. The van der Waals surface area contributed by atoms with Gasteiger partial charge in [0.2, 0.25) is 0 Å². The normalized spacial score (nSPS) is 18.1. The zero-order valence-corrected chi connectivity index (χ0v) is 10.8. The maximum absolute atomic E-state index is 10.8. The van der Waals surface area contributed by atoms with Crippen LogP contribution in [0.5, 0.6) is 0 Å². The van der Waals surface area contributed by atoms with Crippen LogP contribution in [0.2, 0.25) is 0 Å². The largest absolute Gasteiger partial charge is 0.462 e. The third kappa shape index (κ3) is 9.65. The van der Waals surface area contributed by atoms with E-state index in [1.54, 1.807) is 0 Å². The number of ketones is 1. The maximum Gasteiger partial charge on any atom is 0.293 e. The first-order chi connectivity index (χ1) is 7.35. The summed E-state index contributed by atoms with van der Waals surface area (Å²) in [6.07, 6.45) is 2.61. The molecule has 1 aliphatic heterocycles. The standard InChI is InChI=1S/C7H13NO.C5H10O2/c1-8-5-2-3-7(9)4-6-8;1-5(2,3)7-4-6/h2-6H2,1H3;4H,1-3H3. The summed E-state index contributed by atoms with van der Waals surface area (Å²) in [5, 5.41) is 0. The van der Waals surface area contributed by atoms with Gasteiger partial charge in [-0.05, 0) is 40.8 Å². The predicted molar refractivity (Wildman–Crippen MR) is 63.3 cm³/mol. The van der Waals surface area contributed by atoms with Gasteiger partial charge >= 0.3 is 0 Å². The molecule has 1 heterocycles. The highest BCUT2D eigenvalue weighted by molar-refractivity contribution is 5.78. The van der Waals surface area contributed by atoms with Gasteiger partial charge in [-0.2, -0.15) is 0 Å². The number of likely N-dealkylation sites (tertiary alicyclic amines) is 1. The van der Waals surface area contributed by atoms with E-state index < -0.39 is 0 Å². The Bertz CT molecular complexity index is 221. The van der Waals surface area contributed by atoms with Gasteiger partial charge in [0.25, 0.3) is 6.47 Å². The van der Waals surface area contributed by atoms with Crippen LogP contribution in [-0.4, -0.2) is 42.9 Å². The molecule has 0 atom stereocenters. The Morgan fingerprint density at radius 3 is 2.31 bits per heavy atom. The highest BCUT2D eigenvalue weighted by Crippen LogP contribution is 2.03. The van der Waals surface area contributed by atoms with E-state index in [-0.39, 0.29) is 5.60 Å². The molecular weight excluding hydrogens is 206 g/mol. The fourth-order valence-corrected chi connectivity index (χ4v) is 1.24. The van der Waals surface area contributed by atoms with E-state index in [9.17, 15) is 9.59 Å². The maximum atomic E-state index is 10.8. The van der Waals surface area contributed by atoms with Gasteiger partial charge in [0.05, 0.1) is 0 Å². The minimum atomic E-state index is -0.318. The van der Waals surface area contributed by atoms with Gasteiger partial charge in [0.15, 0.2) is 0 Å². The summed E-state index contributed by atoms with van der Waals surface area (Å²) in [6.45, 7) is 7.97. The van der Waals surface area contributed by atoms with Crippen LogP contribution in [0.1, 0.15) is 40.0 Å². The number of rotatable bonds is 1. The molecule has 4 nitrogen and oxygen atoms in total. The second-order valence-corrected chi connectivity index (χ2v) is 5.02. The second kappa shape index (κ2) is 7.39. The summed E-state index contributed by atoms with van der Waals surface area (Å²) in [5.74, 6) is 0.430. The van der Waals surface area contributed by atoms with E-state index in [1.165, 1.54) is 0 Å². The van der Waals surface area contributed by atoms with Crippen LogP contribution >= 0.6 is 0 Å². The smallest absolute Gasteiger partial charge is 0.293 e. The number of nitrogens with zero attached hydrogens (tertiary/aromatic N) is 1. The highest BCUT2D eigenvalue weighted by atomic mass is 16.5. The number of ether oxygens (including phenoxy) is 1. The van der Waals surface area contributed by atoms with Gasteiger partial charge in [-0.15, -0.1) is 0 Å². The number of hydrogen-bond acceptors (Lipinski definition) is 4. The average molecular weight is 229 g/mol. The second-order valence-electron chi connectivity index (χ2n) is 5.02. The molecule has 0 aliphatic carbocycles. The molecule has 0 spiro atoms. The van der Waals surface area contributed by atoms with Crippen LogP contribution in [0.15, 0.2) is 0 Å². The molecule has 1 rings (SSSR count). The van der Waals surface area contributed by atoms with Gasteiger partial charge in [0.1, 0.15) is 11.4 Å². The Morgan fingerprint density at radius 2 is 1.88 bits per heavy atom. The third-order valence-corrected chi connectivity index (χ3v) is 2.17. The highest BCUT2D eigenvalue weighted by Gasteiger charge is 2.09. The average Bonchev–Trinajstić information content (AvgIpc) is 2.30. The molecule has 0 unspecified atom stereocenters. The zero-order valence-electron chi connectivity index (χ0n) is 10.8. The van der Waals surface area contributed by atoms with Crippen molar-refractivity contribution in [3.63, 3.8) is 0 Å². The van der Waals surface area contributed by atoms with Crippen molar-refractivity contribution in [1.29, 1.82) is 0 Å². The van der Waals surface area contributed by atoms with Crippen molar-refractivity contribution in [3.8, 4) is 0 Å². The lowest BCUT2D eigenvalue weighted by Crippen LogP contribution is -2.18. The lowest BCUT2D eigenvalue weighted by molar-refractivity contribution is -0.138. The van der Waals surface area contributed by atoms with Crippen molar-refractivity contribution in [2.24, 2.45) is 0 Å². The van der Waals surface area contributed by atoms with Crippen molar-refractivity contribution in [2.75, 3.05) is 20.1 Å². The van der Waals surface area contributed by atoms with E-state index in [2.05, 4.69) is 16.7 Å². The number of Topliss-reactive ketones (excluding diaryl/α,β-unsaturated/α-hetero) is 1. The molecule has 0 saturated carbocycles. The molecule has 94 valence electrons. The van der Waals surface area contributed by atoms with Crippen molar-refractivity contribution in [1.82, 2.24) is 4.90 Å². The van der Waals surface area contributed by atoms with Gasteiger partial charge in [-0.1, -0.05) is 0 Å². The zero-order chi connectivity index (χ0) is 12.6. The van der Waals surface area contributed by atoms with Crippen molar-refractivity contribution in [3.05, 3.63) is 0 Å². The van der Waals surface area contributed by atoms with Crippen LogP contribution < -0.4 is 0 Å². The topological polar surface area (TPSA) is 46.6 Å². The van der Waals surface area contributed by atoms with Crippen molar-refractivity contribution < 1.29 is 14.3 Å². The summed E-state index contributed by atoms with van der Waals surface area (Å²) in [5.41, 5.74) is -0.318. The minimum Gasteiger partial charge on any atom is -0.462 e. The molecule has 0 N–H and O–H groups in total. The number of carbonyl (C=O) groups is 2. The monoisotopic (exact) mass is 229 g/mol. The molecule has 1 saturated heterocycles. The number of hydrogen-bond donors (Lipinski definition) is 0. The molecule has 0 amide bonds. The molecule has 0 aromatic heterocycles. The van der Waals surface area contributed by atoms with Crippen LogP contribution in [0.3, 0.4) is 0 Å². The predicted octanol–water partition coefficient (Wildman–Crippen LogP) is 1.63. The lowest BCUT2D eigenvalue weighted by Gasteiger charge is -2.14. The van der Waals surface area contributed by atoms with Crippen molar-refractivity contribution in [2.45, 2.75) is 45.6 Å². The molecule has 1 fully saturated rings. The molecule has 0 aromatic carbocycles. The molecule has 4 heteroatoms. The summed E-state index contributed by atoms with van der Waals surface area (Å²) in [7, 11) is 2.07. The fraction of sp³-hybridized carbons (Fsp3) is 0.833. The van der Waals surface area contributed by atoms with Gasteiger partial charge < -0.3 is 9.64 Å². The number of carbonyl (C=O) groups excluding carboxylic acids is 2. The van der Waals surface area contributed by atoms with E-state index >= 15 is 0 Å². The van der Waals surface area contributed by atoms with Gasteiger partial charge in [-0.3, -0.25) is 9.59 Å². The van der Waals surface area contributed by atoms with E-state index in [1.807, 2.05) is 20.8 Å². The molecular formula is C12H23NO3. The van der Waals surface area contributed by atoms with E-state index in [0.717, 1.165) is 32.4 Å². The van der Waals surface area contributed by atoms with Gasteiger partial charge in [-0.25, -0.2) is 0 Å². The summed E-state index contributed by atoms with van der Waals surface area (Å²) < 4.78 is 4.55. The molecule has 16 heavy (non-hydrogen) atoms. The van der Waals surface area contributed by atoms with Crippen LogP contribution in [0.25, 0.3) is 0 Å². The van der Waals surface area contributed by atoms with Crippen LogP contribution in [-0.2, 0) is 14.3 Å². The summed E-state index contributed by atoms with van der Waals surface area (Å²) in [6, 6.07) is 0. The van der Waals surface area contributed by atoms with Crippen LogP contribution in [0, 0.1) is 0 Å². The molecule has 0 aromatic rings. The summed E-state index contributed by atoms with van der Waals surface area (Å²) >= 11 is 0. The Balaban J connectivity index is 0.000000293. The molecule has 0 radical (unpaired) electrons. The van der Waals surface area contributed by atoms with Crippen LogP contribution in [0.4, 0.5) is 0 Å². The molecule has 1 aliphatic rings. The van der Waals surface area contributed by atoms with E-state index in [4.69, 9.17) is 0 Å².